The monoisotopic (exact) mass is 424 g/mol. The van der Waals surface area contributed by atoms with Crippen molar-refractivity contribution >= 4 is 50.5 Å². The Kier molecular flexibility index (Phi) is 4.27. The van der Waals surface area contributed by atoms with Crippen molar-refractivity contribution in [2.45, 2.75) is 11.4 Å². The minimum Gasteiger partial charge on any atom is -0.268 e. The zero-order chi connectivity index (χ0) is 18.5. The highest BCUT2D eigenvalue weighted by Gasteiger charge is 2.41. The van der Waals surface area contributed by atoms with Crippen LogP contribution in [0, 0.1) is 0 Å². The molecule has 2 aromatic carbocycles. The van der Waals surface area contributed by atoms with Gasteiger partial charge in [0.1, 0.15) is 9.90 Å². The minimum atomic E-state index is -3.86. The number of nitrogens with zero attached hydrogens (tertiary/aromatic N) is 2. The number of hydrogen-bond donors (Lipinski definition) is 0. The Morgan fingerprint density at radius 2 is 1.85 bits per heavy atom. The lowest BCUT2D eigenvalue weighted by atomic mass is 10.2. The molecule has 0 atom stereocenters. The molecular weight excluding hydrogens is 415 g/mol. The third-order valence-corrected chi connectivity index (χ3v) is 7.12. The largest absolute Gasteiger partial charge is 0.269 e. The van der Waals surface area contributed by atoms with Gasteiger partial charge in [-0.25, -0.2) is 17.7 Å². The van der Waals surface area contributed by atoms with Crippen LogP contribution in [0.2, 0.25) is 10.0 Å². The first-order valence-electron chi connectivity index (χ1n) is 7.44. The zero-order valence-electron chi connectivity index (χ0n) is 13.0. The molecule has 1 aliphatic heterocycles. The number of carbonyl (C=O) groups excluding carboxylic acids is 1. The second-order valence-electron chi connectivity index (χ2n) is 5.56. The Morgan fingerprint density at radius 3 is 2.58 bits per heavy atom. The average Bonchev–Trinajstić information content (AvgIpc) is 3.13. The van der Waals surface area contributed by atoms with E-state index in [1.165, 1.54) is 23.5 Å². The molecule has 0 spiro atoms. The molecule has 0 radical (unpaired) electrons. The quantitative estimate of drug-likeness (QED) is 0.622. The third-order valence-electron chi connectivity index (χ3n) is 3.95. The van der Waals surface area contributed by atoms with Crippen LogP contribution in [0.25, 0.3) is 11.3 Å². The summed E-state index contributed by atoms with van der Waals surface area (Å²) in [7, 11) is -3.86. The van der Waals surface area contributed by atoms with Gasteiger partial charge < -0.3 is 0 Å². The number of rotatable bonds is 3. The number of hydrogen-bond acceptors (Lipinski definition) is 5. The Morgan fingerprint density at radius 1 is 1.08 bits per heavy atom. The molecule has 3 aromatic rings. The fourth-order valence-corrected chi connectivity index (χ4v) is 5.61. The van der Waals surface area contributed by atoms with Gasteiger partial charge in [0, 0.05) is 16.0 Å². The first-order valence-corrected chi connectivity index (χ1v) is 10.5. The fraction of sp³-hybridized carbons (Fsp3) is 0.0588. The Balaban J connectivity index is 1.66. The van der Waals surface area contributed by atoms with E-state index in [4.69, 9.17) is 23.2 Å². The molecule has 0 aliphatic carbocycles. The Labute approximate surface area is 163 Å². The molecular formula is C17H10Cl2N2O3S2. The van der Waals surface area contributed by atoms with Gasteiger partial charge in [0.25, 0.3) is 15.9 Å². The van der Waals surface area contributed by atoms with E-state index in [2.05, 4.69) is 4.98 Å². The van der Waals surface area contributed by atoms with Gasteiger partial charge in [0.05, 0.1) is 22.8 Å². The lowest BCUT2D eigenvalue weighted by Gasteiger charge is -2.13. The number of carbonyl (C=O) groups is 1. The fourth-order valence-electron chi connectivity index (χ4n) is 2.71. The molecule has 0 saturated heterocycles. The van der Waals surface area contributed by atoms with Gasteiger partial charge >= 0.3 is 0 Å². The van der Waals surface area contributed by atoms with Gasteiger partial charge in [-0.15, -0.1) is 11.3 Å². The predicted molar refractivity (Wildman–Crippen MR) is 101 cm³/mol. The molecule has 2 heterocycles. The van der Waals surface area contributed by atoms with Crippen LogP contribution in [0.1, 0.15) is 15.4 Å². The predicted octanol–water partition coefficient (Wildman–Crippen LogP) is 4.46. The lowest BCUT2D eigenvalue weighted by Crippen LogP contribution is -2.29. The molecule has 0 N–H and O–H groups in total. The number of benzene rings is 2. The highest BCUT2D eigenvalue weighted by Crippen LogP contribution is 2.34. The summed E-state index contributed by atoms with van der Waals surface area (Å²) in [6.45, 7) is -0.119. The Bertz CT molecular complexity index is 1140. The van der Waals surface area contributed by atoms with Crippen molar-refractivity contribution in [3.8, 4) is 11.3 Å². The van der Waals surface area contributed by atoms with E-state index in [1.54, 1.807) is 35.7 Å². The molecule has 0 fully saturated rings. The molecule has 9 heteroatoms. The molecule has 26 heavy (non-hydrogen) atoms. The summed E-state index contributed by atoms with van der Waals surface area (Å²) in [6.07, 6.45) is 0. The van der Waals surface area contributed by atoms with Gasteiger partial charge in [-0.3, -0.25) is 4.79 Å². The van der Waals surface area contributed by atoms with Crippen LogP contribution in [0.5, 0.6) is 0 Å². The molecule has 5 nitrogen and oxygen atoms in total. The molecule has 1 aromatic heterocycles. The molecule has 0 saturated carbocycles. The van der Waals surface area contributed by atoms with E-state index >= 15 is 0 Å². The van der Waals surface area contributed by atoms with Crippen molar-refractivity contribution in [1.29, 1.82) is 0 Å². The number of halogens is 2. The lowest BCUT2D eigenvalue weighted by molar-refractivity contribution is 0.0865. The van der Waals surface area contributed by atoms with Gasteiger partial charge in [0.2, 0.25) is 0 Å². The summed E-state index contributed by atoms with van der Waals surface area (Å²) in [5.74, 6) is -0.540. The van der Waals surface area contributed by atoms with E-state index in [0.717, 1.165) is 4.31 Å². The molecule has 4 rings (SSSR count). The SMILES string of the molecule is O=C1c2ccccc2S(=O)(=O)N1Cc1nc(-c2ccc(Cl)cc2Cl)cs1. The van der Waals surface area contributed by atoms with Crippen molar-refractivity contribution < 1.29 is 13.2 Å². The number of aromatic nitrogens is 1. The second kappa shape index (κ2) is 6.35. The number of sulfonamides is 1. The van der Waals surface area contributed by atoms with Crippen LogP contribution in [-0.4, -0.2) is 23.6 Å². The molecule has 0 unspecified atom stereocenters. The van der Waals surface area contributed by atoms with E-state index in [9.17, 15) is 13.2 Å². The maximum Gasteiger partial charge on any atom is 0.269 e. The number of thiazole rings is 1. The smallest absolute Gasteiger partial charge is 0.268 e. The first-order chi connectivity index (χ1) is 12.4. The number of fused-ring (bicyclic) bond motifs is 1. The van der Waals surface area contributed by atoms with Crippen molar-refractivity contribution in [2.24, 2.45) is 0 Å². The van der Waals surface area contributed by atoms with Crippen LogP contribution in [0.15, 0.2) is 52.7 Å². The van der Waals surface area contributed by atoms with E-state index in [-0.39, 0.29) is 17.0 Å². The van der Waals surface area contributed by atoms with E-state index < -0.39 is 15.9 Å². The van der Waals surface area contributed by atoms with Crippen molar-refractivity contribution in [1.82, 2.24) is 9.29 Å². The highest BCUT2D eigenvalue weighted by molar-refractivity contribution is 7.90. The van der Waals surface area contributed by atoms with Gasteiger partial charge in [-0.05, 0) is 30.3 Å². The summed E-state index contributed by atoms with van der Waals surface area (Å²) in [5, 5.41) is 3.23. The summed E-state index contributed by atoms with van der Waals surface area (Å²) < 4.78 is 26.1. The molecule has 1 aliphatic rings. The van der Waals surface area contributed by atoms with Gasteiger partial charge in [0.15, 0.2) is 0 Å². The second-order valence-corrected chi connectivity index (χ2v) is 9.18. The maximum atomic E-state index is 12.6. The third kappa shape index (κ3) is 2.81. The summed E-state index contributed by atoms with van der Waals surface area (Å²) in [5.41, 5.74) is 1.48. The molecule has 132 valence electrons. The standard InChI is InChI=1S/C17H10Cl2N2O3S2/c18-10-5-6-11(13(19)7-10)14-9-25-16(20-14)8-21-17(22)12-3-1-2-4-15(12)26(21,23)24/h1-7,9H,8H2. The summed E-state index contributed by atoms with van der Waals surface area (Å²) in [6, 6.07) is 11.2. The van der Waals surface area contributed by atoms with Crippen LogP contribution in [-0.2, 0) is 16.6 Å². The van der Waals surface area contributed by atoms with Crippen LogP contribution >= 0.6 is 34.5 Å². The van der Waals surface area contributed by atoms with Crippen LogP contribution < -0.4 is 0 Å². The van der Waals surface area contributed by atoms with Crippen molar-refractivity contribution in [3.63, 3.8) is 0 Å². The normalized spacial score (nSPS) is 15.3. The highest BCUT2D eigenvalue weighted by atomic mass is 35.5. The zero-order valence-corrected chi connectivity index (χ0v) is 16.2. The van der Waals surface area contributed by atoms with Crippen LogP contribution in [0.4, 0.5) is 0 Å². The minimum absolute atomic E-state index is 0.0301. The van der Waals surface area contributed by atoms with Crippen LogP contribution in [0.3, 0.4) is 0 Å². The first kappa shape index (κ1) is 17.5. The van der Waals surface area contributed by atoms with Crippen molar-refractivity contribution in [2.75, 3.05) is 0 Å². The van der Waals surface area contributed by atoms with Gasteiger partial charge in [-0.2, -0.15) is 0 Å². The van der Waals surface area contributed by atoms with E-state index in [0.29, 0.717) is 26.3 Å². The summed E-state index contributed by atoms with van der Waals surface area (Å²) in [4.78, 5) is 16.9. The average molecular weight is 425 g/mol. The Hall–Kier alpha value is -1.93. The molecule has 1 amide bonds. The van der Waals surface area contributed by atoms with Crippen molar-refractivity contribution in [3.05, 3.63) is 68.5 Å². The molecule has 0 bridgehead atoms. The number of amides is 1. The topological polar surface area (TPSA) is 67.3 Å². The van der Waals surface area contributed by atoms with E-state index in [1.807, 2.05) is 0 Å². The summed E-state index contributed by atoms with van der Waals surface area (Å²) >= 11 is 13.4. The van der Waals surface area contributed by atoms with Gasteiger partial charge in [-0.1, -0.05) is 35.3 Å². The maximum absolute atomic E-state index is 12.6.